The summed E-state index contributed by atoms with van der Waals surface area (Å²) in [6.45, 7) is 0. The first kappa shape index (κ1) is 22.0. The fourth-order valence-corrected chi connectivity index (χ4v) is 2.76. The number of aromatic nitrogens is 1. The normalized spacial score (nSPS) is 11.1. The Morgan fingerprint density at radius 2 is 1.84 bits per heavy atom. The summed E-state index contributed by atoms with van der Waals surface area (Å²) in [6.07, 6.45) is -3.73. The third-order valence-corrected chi connectivity index (χ3v) is 4.24. The molecule has 0 fully saturated rings. The van der Waals surface area contributed by atoms with E-state index < -0.39 is 40.7 Å². The zero-order valence-electron chi connectivity index (χ0n) is 15.3. The van der Waals surface area contributed by atoms with Crippen molar-refractivity contribution in [3.63, 3.8) is 0 Å². The molecule has 0 bridgehead atoms. The Bertz CT molecular complexity index is 1170. The molecule has 6 nitrogen and oxygen atoms in total. The lowest BCUT2D eigenvalue weighted by molar-refractivity contribution is -0.138. The minimum Gasteiger partial charge on any atom is -0.456 e. The number of rotatable bonds is 5. The first-order valence-electron chi connectivity index (χ1n) is 8.46. The van der Waals surface area contributed by atoms with Gasteiger partial charge in [0, 0.05) is 18.0 Å². The van der Waals surface area contributed by atoms with Gasteiger partial charge < -0.3 is 15.8 Å². The molecule has 1 aromatic heterocycles. The smallest absolute Gasteiger partial charge is 0.417 e. The largest absolute Gasteiger partial charge is 0.456 e. The van der Waals surface area contributed by atoms with Crippen molar-refractivity contribution in [2.45, 2.75) is 6.18 Å². The molecular formula is C20H12ClF4N3O3. The SMILES string of the molecule is NC(=O)c1cc(NC(=O)c2c(Oc3ccc(F)c(Cl)c3)cccc2C(F)(F)F)ccn1. The van der Waals surface area contributed by atoms with E-state index in [9.17, 15) is 27.2 Å². The van der Waals surface area contributed by atoms with Crippen LogP contribution in [0.2, 0.25) is 5.02 Å². The topological polar surface area (TPSA) is 94.3 Å². The van der Waals surface area contributed by atoms with Crippen molar-refractivity contribution >= 4 is 29.1 Å². The van der Waals surface area contributed by atoms with Gasteiger partial charge >= 0.3 is 6.18 Å². The van der Waals surface area contributed by atoms with E-state index in [0.717, 1.165) is 42.6 Å². The summed E-state index contributed by atoms with van der Waals surface area (Å²) in [6, 6.07) is 8.44. The van der Waals surface area contributed by atoms with Gasteiger partial charge in [0.1, 0.15) is 23.0 Å². The standard InChI is InChI=1S/C20H12ClF4N3O3/c21-13-9-11(4-5-14(13)22)31-16-3-1-2-12(20(23,24)25)17(16)19(30)28-10-6-7-27-15(8-10)18(26)29/h1-9H,(H2,26,29)(H,27,28,30). The third kappa shape index (κ3) is 5.10. The zero-order chi connectivity index (χ0) is 22.8. The fraction of sp³-hybridized carbons (Fsp3) is 0.0500. The van der Waals surface area contributed by atoms with Crippen LogP contribution in [-0.2, 0) is 6.18 Å². The van der Waals surface area contributed by atoms with Crippen molar-refractivity contribution in [2.75, 3.05) is 5.32 Å². The van der Waals surface area contributed by atoms with E-state index in [1.54, 1.807) is 0 Å². The molecule has 3 aromatic rings. The predicted molar refractivity (Wildman–Crippen MR) is 104 cm³/mol. The number of amides is 2. The van der Waals surface area contributed by atoms with Gasteiger partial charge in [-0.25, -0.2) is 4.39 Å². The molecule has 0 aliphatic rings. The number of carbonyl (C=O) groups excluding carboxylic acids is 2. The van der Waals surface area contributed by atoms with E-state index in [4.69, 9.17) is 22.1 Å². The number of carbonyl (C=O) groups is 2. The number of nitrogens with two attached hydrogens (primary N) is 1. The molecule has 3 rings (SSSR count). The Balaban J connectivity index is 2.03. The maximum Gasteiger partial charge on any atom is 0.417 e. The van der Waals surface area contributed by atoms with E-state index in [1.807, 2.05) is 0 Å². The van der Waals surface area contributed by atoms with Crippen LogP contribution in [0.3, 0.4) is 0 Å². The van der Waals surface area contributed by atoms with Crippen molar-refractivity contribution in [1.82, 2.24) is 4.98 Å². The molecule has 1 heterocycles. The number of primary amides is 1. The van der Waals surface area contributed by atoms with Crippen LogP contribution in [0, 0.1) is 5.82 Å². The molecule has 0 aliphatic heterocycles. The molecule has 3 N–H and O–H groups in total. The van der Waals surface area contributed by atoms with Crippen molar-refractivity contribution in [2.24, 2.45) is 5.73 Å². The molecule has 0 saturated carbocycles. The van der Waals surface area contributed by atoms with Gasteiger partial charge in [-0.3, -0.25) is 14.6 Å². The quantitative estimate of drug-likeness (QED) is 0.529. The maximum atomic E-state index is 13.6. The predicted octanol–water partition coefficient (Wildman–Crippen LogP) is 5.04. The monoisotopic (exact) mass is 453 g/mol. The van der Waals surface area contributed by atoms with Crippen molar-refractivity contribution < 1.29 is 31.9 Å². The number of nitrogens with one attached hydrogen (secondary N) is 1. The van der Waals surface area contributed by atoms with Crippen LogP contribution in [0.1, 0.15) is 26.4 Å². The van der Waals surface area contributed by atoms with Crippen molar-refractivity contribution in [1.29, 1.82) is 0 Å². The van der Waals surface area contributed by atoms with E-state index in [2.05, 4.69) is 10.3 Å². The molecule has 0 atom stereocenters. The molecule has 2 aromatic carbocycles. The van der Waals surface area contributed by atoms with Crippen molar-refractivity contribution in [3.05, 3.63) is 82.4 Å². The summed E-state index contributed by atoms with van der Waals surface area (Å²) in [5.41, 5.74) is 2.82. The summed E-state index contributed by atoms with van der Waals surface area (Å²) in [5.74, 6) is -3.33. The summed E-state index contributed by atoms with van der Waals surface area (Å²) in [5, 5.41) is 1.95. The molecule has 0 aliphatic carbocycles. The van der Waals surface area contributed by atoms with Gasteiger partial charge in [-0.2, -0.15) is 13.2 Å². The van der Waals surface area contributed by atoms with E-state index >= 15 is 0 Å². The molecule has 11 heteroatoms. The average Bonchev–Trinajstić information content (AvgIpc) is 2.70. The van der Waals surface area contributed by atoms with Crippen LogP contribution >= 0.6 is 11.6 Å². The molecule has 160 valence electrons. The molecular weight excluding hydrogens is 442 g/mol. The van der Waals surface area contributed by atoms with E-state index in [1.165, 1.54) is 6.07 Å². The second kappa shape index (κ2) is 8.60. The minimum absolute atomic E-state index is 0.0124. The number of ether oxygens (including phenoxy) is 1. The summed E-state index contributed by atoms with van der Waals surface area (Å²) in [4.78, 5) is 27.7. The summed E-state index contributed by atoms with van der Waals surface area (Å²) in [7, 11) is 0. The average molecular weight is 454 g/mol. The molecule has 0 radical (unpaired) electrons. The first-order valence-corrected chi connectivity index (χ1v) is 8.84. The van der Waals surface area contributed by atoms with Crippen LogP contribution in [0.25, 0.3) is 0 Å². The minimum atomic E-state index is -4.89. The number of benzene rings is 2. The van der Waals surface area contributed by atoms with Gasteiger partial charge in [0.05, 0.1) is 16.1 Å². The van der Waals surface area contributed by atoms with Crippen LogP contribution in [0.15, 0.2) is 54.7 Å². The number of anilines is 1. The maximum absolute atomic E-state index is 13.6. The Morgan fingerprint density at radius 1 is 1.10 bits per heavy atom. The number of nitrogens with zero attached hydrogens (tertiary/aromatic N) is 1. The second-order valence-electron chi connectivity index (χ2n) is 6.10. The lowest BCUT2D eigenvalue weighted by Crippen LogP contribution is -2.20. The molecule has 31 heavy (non-hydrogen) atoms. The first-order chi connectivity index (χ1) is 14.6. The fourth-order valence-electron chi connectivity index (χ4n) is 2.59. The Hall–Kier alpha value is -3.66. The van der Waals surface area contributed by atoms with E-state index in [0.29, 0.717) is 6.07 Å². The summed E-state index contributed by atoms with van der Waals surface area (Å²) >= 11 is 5.68. The Labute approximate surface area is 177 Å². The number of alkyl halides is 3. The number of hydrogen-bond acceptors (Lipinski definition) is 4. The zero-order valence-corrected chi connectivity index (χ0v) is 16.1. The molecule has 0 saturated heterocycles. The number of halogens is 5. The Morgan fingerprint density at radius 3 is 2.48 bits per heavy atom. The van der Waals surface area contributed by atoms with Gasteiger partial charge in [-0.15, -0.1) is 0 Å². The lowest BCUT2D eigenvalue weighted by atomic mass is 10.0. The Kier molecular flexibility index (Phi) is 6.11. The van der Waals surface area contributed by atoms with Gasteiger partial charge in [-0.1, -0.05) is 17.7 Å². The second-order valence-corrected chi connectivity index (χ2v) is 6.51. The van der Waals surface area contributed by atoms with Gasteiger partial charge in [0.25, 0.3) is 11.8 Å². The highest BCUT2D eigenvalue weighted by Gasteiger charge is 2.37. The summed E-state index contributed by atoms with van der Waals surface area (Å²) < 4.78 is 59.5. The van der Waals surface area contributed by atoms with Gasteiger partial charge in [0.15, 0.2) is 0 Å². The molecule has 0 spiro atoms. The molecule has 0 unspecified atom stereocenters. The van der Waals surface area contributed by atoms with Crippen LogP contribution < -0.4 is 15.8 Å². The highest BCUT2D eigenvalue weighted by Crippen LogP contribution is 2.38. The third-order valence-electron chi connectivity index (χ3n) is 3.95. The highest BCUT2D eigenvalue weighted by atomic mass is 35.5. The van der Waals surface area contributed by atoms with Crippen LogP contribution in [-0.4, -0.2) is 16.8 Å². The number of pyridine rings is 1. The van der Waals surface area contributed by atoms with Crippen LogP contribution in [0.4, 0.5) is 23.2 Å². The van der Waals surface area contributed by atoms with Gasteiger partial charge in [-0.05, 0) is 36.4 Å². The van der Waals surface area contributed by atoms with Crippen molar-refractivity contribution in [3.8, 4) is 11.5 Å². The van der Waals surface area contributed by atoms with E-state index in [-0.39, 0.29) is 22.2 Å². The van der Waals surface area contributed by atoms with Gasteiger partial charge in [0.2, 0.25) is 0 Å². The highest BCUT2D eigenvalue weighted by molar-refractivity contribution is 6.30. The number of hydrogen-bond donors (Lipinski definition) is 2. The lowest BCUT2D eigenvalue weighted by Gasteiger charge is -2.17. The van der Waals surface area contributed by atoms with Crippen LogP contribution in [0.5, 0.6) is 11.5 Å². The molecule has 2 amide bonds.